The number of benzene rings is 1. The maximum atomic E-state index is 12.1. The number of halogens is 2. The van der Waals surface area contributed by atoms with E-state index in [4.69, 9.17) is 4.74 Å². The fourth-order valence-electron chi connectivity index (χ4n) is 2.26. The zero-order chi connectivity index (χ0) is 14.5. The molecule has 2 rings (SSSR count). The number of rotatable bonds is 6. The number of ether oxygens (including phenoxy) is 1. The lowest BCUT2D eigenvalue weighted by molar-refractivity contribution is -0.130. The molecule has 0 aromatic heterocycles. The second-order valence-electron chi connectivity index (χ2n) is 4.70. The molecule has 0 radical (unpaired) electrons. The lowest BCUT2D eigenvalue weighted by atomic mass is 10.1. The van der Waals surface area contributed by atoms with Crippen LogP contribution in [0, 0.1) is 0 Å². The predicted octanol–water partition coefficient (Wildman–Crippen LogP) is 1.79. The van der Waals surface area contributed by atoms with Crippen molar-refractivity contribution in [2.75, 3.05) is 19.8 Å². The Labute approximate surface area is 116 Å². The zero-order valence-corrected chi connectivity index (χ0v) is 11.3. The summed E-state index contributed by atoms with van der Waals surface area (Å²) >= 11 is 0. The van der Waals surface area contributed by atoms with E-state index in [0.717, 1.165) is 5.56 Å². The minimum absolute atomic E-state index is 0.0421. The van der Waals surface area contributed by atoms with E-state index in [1.165, 1.54) is 0 Å². The summed E-state index contributed by atoms with van der Waals surface area (Å²) in [5.41, 5.74) is 0.971. The van der Waals surface area contributed by atoms with E-state index < -0.39 is 13.0 Å². The number of nitrogens with one attached hydrogen (secondary N) is 1. The smallest absolute Gasteiger partial charge is 0.261 e. The summed E-state index contributed by atoms with van der Waals surface area (Å²) in [6.07, 6.45) is -2.71. The van der Waals surface area contributed by atoms with Crippen molar-refractivity contribution in [2.24, 2.45) is 0 Å². The second kappa shape index (κ2) is 6.76. The molecule has 4 nitrogen and oxygen atoms in total. The highest BCUT2D eigenvalue weighted by Crippen LogP contribution is 2.24. The van der Waals surface area contributed by atoms with Crippen LogP contribution in [-0.2, 0) is 9.53 Å². The molecule has 6 heteroatoms. The molecule has 1 aliphatic rings. The van der Waals surface area contributed by atoms with Gasteiger partial charge in [0.2, 0.25) is 5.91 Å². The van der Waals surface area contributed by atoms with Crippen LogP contribution in [0.5, 0.6) is 0 Å². The van der Waals surface area contributed by atoms with E-state index in [0.29, 0.717) is 6.54 Å². The van der Waals surface area contributed by atoms with Crippen LogP contribution in [0.25, 0.3) is 0 Å². The van der Waals surface area contributed by atoms with Crippen LogP contribution in [0.2, 0.25) is 0 Å². The molecular formula is C14H18F2N2O2. The van der Waals surface area contributed by atoms with Gasteiger partial charge in [-0.05, 0) is 12.5 Å². The monoisotopic (exact) mass is 284 g/mol. The highest BCUT2D eigenvalue weighted by Gasteiger charge is 2.36. The number of amides is 1. The van der Waals surface area contributed by atoms with Crippen molar-refractivity contribution >= 4 is 5.91 Å². The van der Waals surface area contributed by atoms with Gasteiger partial charge in [-0.25, -0.2) is 8.78 Å². The van der Waals surface area contributed by atoms with Crippen LogP contribution in [0.4, 0.5) is 8.78 Å². The third-order valence-electron chi connectivity index (χ3n) is 3.21. The summed E-state index contributed by atoms with van der Waals surface area (Å²) in [4.78, 5) is 13.7. The van der Waals surface area contributed by atoms with Crippen LogP contribution in [0.3, 0.4) is 0 Å². The van der Waals surface area contributed by atoms with Gasteiger partial charge in [0.15, 0.2) is 0 Å². The Hall–Kier alpha value is -1.53. The van der Waals surface area contributed by atoms with Crippen LogP contribution in [0.15, 0.2) is 30.3 Å². The molecule has 2 unspecified atom stereocenters. The molecule has 1 amide bonds. The summed E-state index contributed by atoms with van der Waals surface area (Å²) < 4.78 is 28.8. The summed E-state index contributed by atoms with van der Waals surface area (Å²) in [6, 6.07) is 9.27. The fraction of sp³-hybridized carbons (Fsp3) is 0.500. The maximum Gasteiger partial charge on any atom is 0.261 e. The highest BCUT2D eigenvalue weighted by atomic mass is 19.3. The largest absolute Gasteiger partial charge is 0.374 e. The Bertz CT molecular complexity index is 442. The van der Waals surface area contributed by atoms with Gasteiger partial charge >= 0.3 is 0 Å². The summed E-state index contributed by atoms with van der Waals surface area (Å²) in [5.74, 6) is -0.0421. The van der Waals surface area contributed by atoms with E-state index >= 15 is 0 Å². The molecule has 1 aromatic carbocycles. The first-order chi connectivity index (χ1) is 9.59. The van der Waals surface area contributed by atoms with Gasteiger partial charge < -0.3 is 9.64 Å². The Morgan fingerprint density at radius 2 is 2.05 bits per heavy atom. The molecule has 1 aliphatic heterocycles. The van der Waals surface area contributed by atoms with E-state index in [1.807, 2.05) is 30.3 Å². The number of carbonyl (C=O) groups is 1. The molecule has 0 spiro atoms. The van der Waals surface area contributed by atoms with Gasteiger partial charge in [-0.3, -0.25) is 10.1 Å². The molecule has 1 aromatic rings. The van der Waals surface area contributed by atoms with Gasteiger partial charge in [0, 0.05) is 6.54 Å². The van der Waals surface area contributed by atoms with Crippen molar-refractivity contribution in [3.63, 3.8) is 0 Å². The van der Waals surface area contributed by atoms with Gasteiger partial charge in [-0.2, -0.15) is 0 Å². The third kappa shape index (κ3) is 3.52. The molecule has 0 saturated carbocycles. The first-order valence-corrected chi connectivity index (χ1v) is 6.57. The van der Waals surface area contributed by atoms with Crippen molar-refractivity contribution in [3.05, 3.63) is 35.9 Å². The summed E-state index contributed by atoms with van der Waals surface area (Å²) in [7, 11) is 0. The van der Waals surface area contributed by atoms with Gasteiger partial charge in [-0.15, -0.1) is 0 Å². The summed E-state index contributed by atoms with van der Waals surface area (Å²) in [5, 5.41) is 3.19. The number of hydrogen-bond donors (Lipinski definition) is 1. The molecule has 110 valence electrons. The van der Waals surface area contributed by atoms with Crippen molar-refractivity contribution in [1.82, 2.24) is 10.2 Å². The normalized spacial score (nSPS) is 22.8. The van der Waals surface area contributed by atoms with E-state index in [9.17, 15) is 13.6 Å². The summed E-state index contributed by atoms with van der Waals surface area (Å²) in [6.45, 7) is 1.59. The standard InChI is InChI=1S/C14H18F2N2O2/c1-10-14(19)18(7-8-20-9-12(15)16)13(17-10)11-5-3-2-4-6-11/h2-6,10,12-13,17H,7-9H2,1H3. The van der Waals surface area contributed by atoms with Crippen molar-refractivity contribution in [3.8, 4) is 0 Å². The van der Waals surface area contributed by atoms with Crippen molar-refractivity contribution in [2.45, 2.75) is 25.6 Å². The third-order valence-corrected chi connectivity index (χ3v) is 3.21. The average molecular weight is 284 g/mol. The zero-order valence-electron chi connectivity index (χ0n) is 11.3. The van der Waals surface area contributed by atoms with E-state index in [-0.39, 0.29) is 24.7 Å². The van der Waals surface area contributed by atoms with Crippen LogP contribution < -0.4 is 5.32 Å². The Kier molecular flexibility index (Phi) is 5.03. The Balaban J connectivity index is 1.98. The molecule has 20 heavy (non-hydrogen) atoms. The van der Waals surface area contributed by atoms with Crippen molar-refractivity contribution < 1.29 is 18.3 Å². The number of carbonyl (C=O) groups excluding carboxylic acids is 1. The highest BCUT2D eigenvalue weighted by molar-refractivity contribution is 5.84. The van der Waals surface area contributed by atoms with E-state index in [2.05, 4.69) is 5.32 Å². The first kappa shape index (κ1) is 14.9. The van der Waals surface area contributed by atoms with Gasteiger partial charge in [0.1, 0.15) is 12.8 Å². The molecule has 0 aliphatic carbocycles. The molecule has 1 heterocycles. The maximum absolute atomic E-state index is 12.1. The minimum Gasteiger partial charge on any atom is -0.374 e. The SMILES string of the molecule is CC1NC(c2ccccc2)N(CCOCC(F)F)C1=O. The fourth-order valence-corrected chi connectivity index (χ4v) is 2.26. The quantitative estimate of drug-likeness (QED) is 0.810. The lowest BCUT2D eigenvalue weighted by Gasteiger charge is -2.24. The van der Waals surface area contributed by atoms with Crippen molar-refractivity contribution in [1.29, 1.82) is 0 Å². The predicted molar refractivity (Wildman–Crippen MR) is 70.3 cm³/mol. The minimum atomic E-state index is -2.48. The molecule has 2 atom stereocenters. The van der Waals surface area contributed by atoms with E-state index in [1.54, 1.807) is 11.8 Å². The molecule has 1 N–H and O–H groups in total. The molecule has 0 bridgehead atoms. The van der Waals surface area contributed by atoms with Gasteiger partial charge in [0.25, 0.3) is 6.43 Å². The Morgan fingerprint density at radius 3 is 2.70 bits per heavy atom. The van der Waals surface area contributed by atoms with Gasteiger partial charge in [-0.1, -0.05) is 30.3 Å². The molecular weight excluding hydrogens is 266 g/mol. The first-order valence-electron chi connectivity index (χ1n) is 6.57. The Morgan fingerprint density at radius 1 is 1.35 bits per heavy atom. The van der Waals surface area contributed by atoms with Crippen LogP contribution >= 0.6 is 0 Å². The molecule has 1 fully saturated rings. The topological polar surface area (TPSA) is 41.6 Å². The number of nitrogens with zero attached hydrogens (tertiary/aromatic N) is 1. The molecule has 1 saturated heterocycles. The average Bonchev–Trinajstić information content (AvgIpc) is 2.72. The van der Waals surface area contributed by atoms with Crippen LogP contribution in [0.1, 0.15) is 18.7 Å². The lowest BCUT2D eigenvalue weighted by Crippen LogP contribution is -2.34. The van der Waals surface area contributed by atoms with Gasteiger partial charge in [0.05, 0.1) is 12.6 Å². The second-order valence-corrected chi connectivity index (χ2v) is 4.70. The van der Waals surface area contributed by atoms with Crippen LogP contribution in [-0.4, -0.2) is 43.0 Å². The number of alkyl halides is 2. The number of hydrogen-bond acceptors (Lipinski definition) is 3.